The van der Waals surface area contributed by atoms with Crippen LogP contribution in [0.4, 0.5) is 0 Å². The van der Waals surface area contributed by atoms with Gasteiger partial charge in [0.1, 0.15) is 5.75 Å². The van der Waals surface area contributed by atoms with Crippen molar-refractivity contribution in [2.75, 3.05) is 18.1 Å². The van der Waals surface area contributed by atoms with Crippen molar-refractivity contribution in [3.63, 3.8) is 0 Å². The zero-order valence-corrected chi connectivity index (χ0v) is 8.32. The van der Waals surface area contributed by atoms with Crippen molar-refractivity contribution in [3.05, 3.63) is 0 Å². The van der Waals surface area contributed by atoms with Crippen molar-refractivity contribution >= 4 is 16.7 Å². The van der Waals surface area contributed by atoms with E-state index < -0.39 is 10.8 Å². The Hall–Kier alpha value is -0.420. The third-order valence-electron chi connectivity index (χ3n) is 1.11. The first kappa shape index (κ1) is 11.6. The number of carbonyl (C=O) groups is 1. The number of rotatable bonds is 5. The van der Waals surface area contributed by atoms with Crippen molar-refractivity contribution in [2.24, 2.45) is 5.73 Å². The molecule has 0 aliphatic rings. The predicted octanol–water partition coefficient (Wildman–Crippen LogP) is -0.782. The highest BCUT2D eigenvalue weighted by Crippen LogP contribution is 1.86. The molecule has 0 spiro atoms. The van der Waals surface area contributed by atoms with E-state index >= 15 is 0 Å². The van der Waals surface area contributed by atoms with Crippen molar-refractivity contribution in [3.8, 4) is 0 Å². The van der Waals surface area contributed by atoms with E-state index in [-0.39, 0.29) is 17.7 Å². The minimum Gasteiger partial charge on any atom is -0.356 e. The fraction of sp³-hybridized carbons (Fsp3) is 0.857. The molecule has 2 unspecified atom stereocenters. The third-order valence-corrected chi connectivity index (χ3v) is 2.60. The summed E-state index contributed by atoms with van der Waals surface area (Å²) in [6.07, 6.45) is 0. The van der Waals surface area contributed by atoms with Crippen LogP contribution in [0.15, 0.2) is 0 Å². The number of nitrogens with one attached hydrogen (secondary N) is 1. The SMILES string of the molecule is CCNC(=O)CS(=O)CC(C)N. The van der Waals surface area contributed by atoms with Crippen LogP contribution in [0.25, 0.3) is 0 Å². The summed E-state index contributed by atoms with van der Waals surface area (Å²) in [6.45, 7) is 4.18. The van der Waals surface area contributed by atoms with E-state index in [1.807, 2.05) is 6.92 Å². The lowest BCUT2D eigenvalue weighted by Crippen LogP contribution is -2.32. The van der Waals surface area contributed by atoms with Crippen molar-refractivity contribution in [1.82, 2.24) is 5.32 Å². The van der Waals surface area contributed by atoms with Gasteiger partial charge in [0.15, 0.2) is 0 Å². The molecule has 0 aromatic heterocycles. The molecule has 0 bridgehead atoms. The van der Waals surface area contributed by atoms with Crippen LogP contribution in [0.5, 0.6) is 0 Å². The minimum atomic E-state index is -1.12. The second kappa shape index (κ2) is 6.14. The fourth-order valence-electron chi connectivity index (χ4n) is 0.747. The number of amides is 1. The Balaban J connectivity index is 3.62. The maximum absolute atomic E-state index is 11.1. The Bertz CT molecular complexity index is 171. The Labute approximate surface area is 75.4 Å². The zero-order valence-electron chi connectivity index (χ0n) is 7.50. The second-order valence-electron chi connectivity index (χ2n) is 2.68. The van der Waals surface area contributed by atoms with E-state index in [0.717, 1.165) is 0 Å². The van der Waals surface area contributed by atoms with Gasteiger partial charge in [-0.25, -0.2) is 0 Å². The average molecular weight is 192 g/mol. The Kier molecular flexibility index (Phi) is 5.92. The van der Waals surface area contributed by atoms with Crippen molar-refractivity contribution in [1.29, 1.82) is 0 Å². The first-order chi connectivity index (χ1) is 5.56. The first-order valence-electron chi connectivity index (χ1n) is 3.93. The molecular weight excluding hydrogens is 176 g/mol. The molecule has 4 nitrogen and oxygen atoms in total. The van der Waals surface area contributed by atoms with Crippen LogP contribution in [0.1, 0.15) is 13.8 Å². The Morgan fingerprint density at radius 2 is 2.25 bits per heavy atom. The zero-order chi connectivity index (χ0) is 9.56. The van der Waals surface area contributed by atoms with Crippen LogP contribution in [0.3, 0.4) is 0 Å². The first-order valence-corrected chi connectivity index (χ1v) is 5.42. The van der Waals surface area contributed by atoms with E-state index in [0.29, 0.717) is 12.3 Å². The van der Waals surface area contributed by atoms with E-state index in [9.17, 15) is 9.00 Å². The summed E-state index contributed by atoms with van der Waals surface area (Å²) in [4.78, 5) is 10.9. The summed E-state index contributed by atoms with van der Waals surface area (Å²) in [5.74, 6) is 0.281. The lowest BCUT2D eigenvalue weighted by molar-refractivity contribution is -0.118. The van der Waals surface area contributed by atoms with Gasteiger partial charge >= 0.3 is 0 Å². The maximum atomic E-state index is 11.1. The summed E-state index contributed by atoms with van der Waals surface area (Å²) in [5.41, 5.74) is 5.42. The normalized spacial score (nSPS) is 15.2. The molecule has 0 heterocycles. The highest BCUT2D eigenvalue weighted by atomic mass is 32.2. The van der Waals surface area contributed by atoms with E-state index in [2.05, 4.69) is 5.32 Å². The van der Waals surface area contributed by atoms with Crippen molar-refractivity contribution < 1.29 is 9.00 Å². The number of nitrogens with two attached hydrogens (primary N) is 1. The van der Waals surface area contributed by atoms with Gasteiger partial charge < -0.3 is 11.1 Å². The van der Waals surface area contributed by atoms with Gasteiger partial charge in [-0.1, -0.05) is 0 Å². The monoisotopic (exact) mass is 192 g/mol. The van der Waals surface area contributed by atoms with Gasteiger partial charge in [0.2, 0.25) is 5.91 Å². The molecule has 5 heteroatoms. The van der Waals surface area contributed by atoms with Crippen LogP contribution in [-0.4, -0.2) is 34.2 Å². The van der Waals surface area contributed by atoms with Gasteiger partial charge in [-0.15, -0.1) is 0 Å². The highest BCUT2D eigenvalue weighted by molar-refractivity contribution is 7.85. The van der Waals surface area contributed by atoms with Gasteiger partial charge in [0.05, 0.1) is 0 Å². The molecule has 1 amide bonds. The molecule has 3 N–H and O–H groups in total. The quantitative estimate of drug-likeness (QED) is 0.600. The highest BCUT2D eigenvalue weighted by Gasteiger charge is 2.08. The van der Waals surface area contributed by atoms with E-state index in [1.165, 1.54) is 0 Å². The predicted molar refractivity (Wildman–Crippen MR) is 50.2 cm³/mol. The van der Waals surface area contributed by atoms with Gasteiger partial charge in [0.25, 0.3) is 0 Å². The lowest BCUT2D eigenvalue weighted by atomic mass is 10.4. The molecule has 0 aromatic carbocycles. The number of hydrogen-bond donors (Lipinski definition) is 2. The number of hydrogen-bond acceptors (Lipinski definition) is 3. The molecule has 2 atom stereocenters. The third kappa shape index (κ3) is 6.30. The van der Waals surface area contributed by atoms with Crippen molar-refractivity contribution in [2.45, 2.75) is 19.9 Å². The smallest absolute Gasteiger partial charge is 0.232 e. The molecular formula is C7H16N2O2S. The summed E-state index contributed by atoms with van der Waals surface area (Å²) in [7, 11) is -1.12. The molecule has 72 valence electrons. The molecule has 0 aliphatic heterocycles. The number of carbonyl (C=O) groups excluding carboxylic acids is 1. The van der Waals surface area contributed by atoms with Gasteiger partial charge in [-0.2, -0.15) is 0 Å². The Morgan fingerprint density at radius 1 is 1.67 bits per heavy atom. The van der Waals surface area contributed by atoms with Crippen LogP contribution < -0.4 is 11.1 Å². The molecule has 0 fully saturated rings. The average Bonchev–Trinajstić information content (AvgIpc) is 1.84. The molecule has 0 saturated carbocycles. The Morgan fingerprint density at radius 3 is 2.67 bits per heavy atom. The standard InChI is InChI=1S/C7H16N2O2S/c1-3-9-7(10)5-12(11)4-6(2)8/h6H,3-5,8H2,1-2H3,(H,9,10). The molecule has 0 aromatic rings. The summed E-state index contributed by atoms with van der Waals surface area (Å²) >= 11 is 0. The fourth-order valence-corrected chi connectivity index (χ4v) is 1.85. The molecule has 0 aliphatic carbocycles. The van der Waals surface area contributed by atoms with Gasteiger partial charge in [0, 0.05) is 29.1 Å². The maximum Gasteiger partial charge on any atom is 0.232 e. The topological polar surface area (TPSA) is 72.2 Å². The summed E-state index contributed by atoms with van der Waals surface area (Å²) in [5, 5.41) is 2.58. The lowest BCUT2D eigenvalue weighted by Gasteiger charge is -2.04. The van der Waals surface area contributed by atoms with E-state index in [1.54, 1.807) is 6.92 Å². The second-order valence-corrected chi connectivity index (χ2v) is 4.18. The molecule has 0 rings (SSSR count). The van der Waals surface area contributed by atoms with Gasteiger partial charge in [-0.05, 0) is 13.8 Å². The molecule has 0 radical (unpaired) electrons. The van der Waals surface area contributed by atoms with Crippen LogP contribution in [0, 0.1) is 0 Å². The molecule has 0 saturated heterocycles. The van der Waals surface area contributed by atoms with Crippen LogP contribution in [-0.2, 0) is 15.6 Å². The summed E-state index contributed by atoms with van der Waals surface area (Å²) in [6, 6.07) is -0.111. The summed E-state index contributed by atoms with van der Waals surface area (Å²) < 4.78 is 11.1. The molecule has 12 heavy (non-hydrogen) atoms. The largest absolute Gasteiger partial charge is 0.356 e. The van der Waals surface area contributed by atoms with Crippen LogP contribution >= 0.6 is 0 Å². The van der Waals surface area contributed by atoms with E-state index in [4.69, 9.17) is 5.73 Å². The van der Waals surface area contributed by atoms with Crippen LogP contribution in [0.2, 0.25) is 0 Å². The van der Waals surface area contributed by atoms with Gasteiger partial charge in [-0.3, -0.25) is 9.00 Å². The minimum absolute atomic E-state index is 0.0649.